The zero-order valence-corrected chi connectivity index (χ0v) is 11.9. The van der Waals surface area contributed by atoms with Crippen LogP contribution in [0.2, 0.25) is 0 Å². The first-order valence-electron chi connectivity index (χ1n) is 6.70. The lowest BCUT2D eigenvalue weighted by Gasteiger charge is -2.08. The van der Waals surface area contributed by atoms with E-state index in [4.69, 9.17) is 9.47 Å². The standard InChI is InChI=1S/C17H17NO3/c1-14-6-2-3-8-16(14)20-12-13-21-17(19)10-9-15-7-4-5-11-18-15/h2-11H,12-13H2,1H3/b10-9+. The van der Waals surface area contributed by atoms with Crippen LogP contribution in [0.5, 0.6) is 5.75 Å². The van der Waals surface area contributed by atoms with Gasteiger partial charge in [-0.3, -0.25) is 4.98 Å². The highest BCUT2D eigenvalue weighted by Crippen LogP contribution is 2.15. The van der Waals surface area contributed by atoms with E-state index < -0.39 is 5.97 Å². The monoisotopic (exact) mass is 283 g/mol. The largest absolute Gasteiger partial charge is 0.490 e. The van der Waals surface area contributed by atoms with E-state index in [1.54, 1.807) is 12.3 Å². The molecule has 0 bridgehead atoms. The van der Waals surface area contributed by atoms with Crippen LogP contribution in [0.15, 0.2) is 54.7 Å². The summed E-state index contributed by atoms with van der Waals surface area (Å²) in [5, 5.41) is 0. The molecule has 0 atom stereocenters. The zero-order chi connectivity index (χ0) is 14.9. The number of para-hydroxylation sites is 1. The number of hydrogen-bond donors (Lipinski definition) is 0. The molecule has 1 aromatic heterocycles. The van der Waals surface area contributed by atoms with E-state index in [0.717, 1.165) is 11.3 Å². The van der Waals surface area contributed by atoms with E-state index in [1.807, 2.05) is 49.4 Å². The fourth-order valence-electron chi connectivity index (χ4n) is 1.69. The topological polar surface area (TPSA) is 48.4 Å². The van der Waals surface area contributed by atoms with Crippen molar-refractivity contribution in [3.05, 3.63) is 66.0 Å². The van der Waals surface area contributed by atoms with Crippen LogP contribution in [0, 0.1) is 6.92 Å². The lowest BCUT2D eigenvalue weighted by Crippen LogP contribution is -2.10. The van der Waals surface area contributed by atoms with Crippen molar-refractivity contribution in [1.82, 2.24) is 4.98 Å². The third kappa shape index (κ3) is 5.10. The van der Waals surface area contributed by atoms with E-state index in [2.05, 4.69) is 4.98 Å². The van der Waals surface area contributed by atoms with Crippen molar-refractivity contribution >= 4 is 12.0 Å². The molecule has 0 saturated heterocycles. The summed E-state index contributed by atoms with van der Waals surface area (Å²) in [5.41, 5.74) is 1.77. The number of hydrogen-bond acceptors (Lipinski definition) is 4. The number of ether oxygens (including phenoxy) is 2. The molecule has 2 rings (SSSR count). The lowest BCUT2D eigenvalue weighted by atomic mass is 10.2. The normalized spacial score (nSPS) is 10.5. The molecule has 108 valence electrons. The molecule has 1 aromatic carbocycles. The highest BCUT2D eigenvalue weighted by molar-refractivity contribution is 5.86. The number of benzene rings is 1. The van der Waals surface area contributed by atoms with Crippen LogP contribution in [0.25, 0.3) is 6.08 Å². The van der Waals surface area contributed by atoms with Gasteiger partial charge in [-0.2, -0.15) is 0 Å². The molecule has 0 radical (unpaired) electrons. The minimum atomic E-state index is -0.408. The van der Waals surface area contributed by atoms with Crippen molar-refractivity contribution < 1.29 is 14.3 Å². The molecule has 0 fully saturated rings. The van der Waals surface area contributed by atoms with E-state index in [9.17, 15) is 4.79 Å². The number of pyridine rings is 1. The second-order valence-electron chi connectivity index (χ2n) is 4.37. The van der Waals surface area contributed by atoms with Crippen molar-refractivity contribution in [1.29, 1.82) is 0 Å². The van der Waals surface area contributed by atoms with Crippen LogP contribution < -0.4 is 4.74 Å². The van der Waals surface area contributed by atoms with Gasteiger partial charge in [0.1, 0.15) is 19.0 Å². The van der Waals surface area contributed by atoms with Gasteiger partial charge in [0.2, 0.25) is 0 Å². The maximum absolute atomic E-state index is 11.5. The Hall–Kier alpha value is -2.62. The van der Waals surface area contributed by atoms with E-state index in [-0.39, 0.29) is 6.61 Å². The molecule has 21 heavy (non-hydrogen) atoms. The predicted octanol–water partition coefficient (Wildman–Crippen LogP) is 3.03. The molecule has 0 aliphatic rings. The SMILES string of the molecule is Cc1ccccc1OCCOC(=O)/C=C/c1ccccn1. The van der Waals surface area contributed by atoms with Crippen molar-refractivity contribution in [2.45, 2.75) is 6.92 Å². The number of nitrogens with zero attached hydrogens (tertiary/aromatic N) is 1. The number of rotatable bonds is 6. The molecule has 4 nitrogen and oxygen atoms in total. The number of carbonyl (C=O) groups is 1. The van der Waals surface area contributed by atoms with Crippen molar-refractivity contribution in [3.8, 4) is 5.75 Å². The Labute approximate surface area is 124 Å². The molecule has 0 saturated carbocycles. The van der Waals surface area contributed by atoms with Crippen LogP contribution >= 0.6 is 0 Å². The van der Waals surface area contributed by atoms with Crippen LogP contribution in [0.3, 0.4) is 0 Å². The second kappa shape index (κ2) is 7.85. The predicted molar refractivity (Wildman–Crippen MR) is 80.9 cm³/mol. The Morgan fingerprint density at radius 1 is 1.14 bits per heavy atom. The molecular formula is C17H17NO3. The number of esters is 1. The lowest BCUT2D eigenvalue weighted by molar-refractivity contribution is -0.138. The van der Waals surface area contributed by atoms with Gasteiger partial charge in [-0.15, -0.1) is 0 Å². The van der Waals surface area contributed by atoms with Crippen LogP contribution in [0.1, 0.15) is 11.3 Å². The Bertz CT molecular complexity index is 608. The van der Waals surface area contributed by atoms with Gasteiger partial charge >= 0.3 is 5.97 Å². The summed E-state index contributed by atoms with van der Waals surface area (Å²) in [7, 11) is 0. The minimum absolute atomic E-state index is 0.208. The fraction of sp³-hybridized carbons (Fsp3) is 0.176. The number of aryl methyl sites for hydroxylation is 1. The number of aromatic nitrogens is 1. The Balaban J connectivity index is 1.70. The van der Waals surface area contributed by atoms with Gasteiger partial charge in [-0.25, -0.2) is 4.79 Å². The molecule has 0 amide bonds. The Kier molecular flexibility index (Phi) is 5.52. The molecule has 0 unspecified atom stereocenters. The first kappa shape index (κ1) is 14.8. The Morgan fingerprint density at radius 2 is 1.95 bits per heavy atom. The summed E-state index contributed by atoms with van der Waals surface area (Å²) in [6.45, 7) is 2.50. The van der Waals surface area contributed by atoms with Crippen molar-refractivity contribution in [3.63, 3.8) is 0 Å². The van der Waals surface area contributed by atoms with Gasteiger partial charge in [-0.05, 0) is 36.8 Å². The average Bonchev–Trinajstić information content (AvgIpc) is 2.52. The molecule has 2 aromatic rings. The van der Waals surface area contributed by atoms with Gasteiger partial charge < -0.3 is 9.47 Å². The zero-order valence-electron chi connectivity index (χ0n) is 11.9. The molecule has 1 heterocycles. The quantitative estimate of drug-likeness (QED) is 0.464. The summed E-state index contributed by atoms with van der Waals surface area (Å²) >= 11 is 0. The highest BCUT2D eigenvalue weighted by atomic mass is 16.6. The van der Waals surface area contributed by atoms with Crippen LogP contribution in [0.4, 0.5) is 0 Å². The van der Waals surface area contributed by atoms with Crippen molar-refractivity contribution in [2.75, 3.05) is 13.2 Å². The fourth-order valence-corrected chi connectivity index (χ4v) is 1.69. The van der Waals surface area contributed by atoms with Gasteiger partial charge in [0.15, 0.2) is 0 Å². The first-order chi connectivity index (χ1) is 10.3. The minimum Gasteiger partial charge on any atom is -0.490 e. The van der Waals surface area contributed by atoms with E-state index in [0.29, 0.717) is 12.3 Å². The van der Waals surface area contributed by atoms with Gasteiger partial charge in [-0.1, -0.05) is 24.3 Å². The molecule has 0 N–H and O–H groups in total. The van der Waals surface area contributed by atoms with Gasteiger partial charge in [0.05, 0.1) is 5.69 Å². The van der Waals surface area contributed by atoms with E-state index >= 15 is 0 Å². The van der Waals surface area contributed by atoms with E-state index in [1.165, 1.54) is 6.08 Å². The smallest absolute Gasteiger partial charge is 0.330 e. The average molecular weight is 283 g/mol. The second-order valence-corrected chi connectivity index (χ2v) is 4.37. The van der Waals surface area contributed by atoms with Crippen LogP contribution in [-0.2, 0) is 9.53 Å². The molecule has 0 aliphatic heterocycles. The van der Waals surface area contributed by atoms with Crippen molar-refractivity contribution in [2.24, 2.45) is 0 Å². The third-order valence-electron chi connectivity index (χ3n) is 2.76. The summed E-state index contributed by atoms with van der Waals surface area (Å²) in [4.78, 5) is 15.6. The summed E-state index contributed by atoms with van der Waals surface area (Å²) < 4.78 is 10.6. The first-order valence-corrected chi connectivity index (χ1v) is 6.70. The summed E-state index contributed by atoms with van der Waals surface area (Å²) in [6.07, 6.45) is 4.64. The summed E-state index contributed by atoms with van der Waals surface area (Å²) in [6, 6.07) is 13.2. The maximum Gasteiger partial charge on any atom is 0.330 e. The molecule has 0 spiro atoms. The molecular weight excluding hydrogens is 266 g/mol. The van der Waals surface area contributed by atoms with Crippen LogP contribution in [-0.4, -0.2) is 24.2 Å². The molecule has 4 heteroatoms. The highest BCUT2D eigenvalue weighted by Gasteiger charge is 2.00. The van der Waals surface area contributed by atoms with Gasteiger partial charge in [0, 0.05) is 12.3 Å². The summed E-state index contributed by atoms with van der Waals surface area (Å²) in [5.74, 6) is 0.395. The maximum atomic E-state index is 11.5. The third-order valence-corrected chi connectivity index (χ3v) is 2.76. The van der Waals surface area contributed by atoms with Gasteiger partial charge in [0.25, 0.3) is 0 Å². The number of carbonyl (C=O) groups excluding carboxylic acids is 1. The molecule has 0 aliphatic carbocycles. The Morgan fingerprint density at radius 3 is 2.71 bits per heavy atom.